The molecule has 4 nitrogen and oxygen atoms in total. The molecule has 0 bridgehead atoms. The third-order valence-electron chi connectivity index (χ3n) is 4.55. The van der Waals surface area contributed by atoms with Crippen molar-refractivity contribution in [2.75, 3.05) is 14.2 Å². The van der Waals surface area contributed by atoms with Gasteiger partial charge in [-0.15, -0.1) is 0 Å². The summed E-state index contributed by atoms with van der Waals surface area (Å²) in [5.41, 5.74) is 0.975. The third-order valence-corrected chi connectivity index (χ3v) is 5.71. The van der Waals surface area contributed by atoms with Gasteiger partial charge in [0.05, 0.1) is 12.7 Å². The van der Waals surface area contributed by atoms with Crippen molar-refractivity contribution in [3.05, 3.63) is 66.2 Å². The number of hydrogen-bond donors (Lipinski definition) is 0. The van der Waals surface area contributed by atoms with E-state index in [2.05, 4.69) is 24.3 Å². The number of rotatable bonds is 7. The molecule has 1 fully saturated rings. The van der Waals surface area contributed by atoms with Crippen molar-refractivity contribution in [2.45, 2.75) is 48.3 Å². The van der Waals surface area contributed by atoms with Crippen LogP contribution in [0, 0.1) is 0 Å². The minimum atomic E-state index is -0.220. The molecule has 0 saturated carbocycles. The second kappa shape index (κ2) is 9.53. The summed E-state index contributed by atoms with van der Waals surface area (Å²) in [6.45, 7) is 2.55. The Morgan fingerprint density at radius 2 is 1.46 bits per heavy atom. The maximum absolute atomic E-state index is 6.26. The zero-order chi connectivity index (χ0) is 18.4. The molecule has 3 rings (SSSR count). The van der Waals surface area contributed by atoms with Crippen molar-refractivity contribution in [3.8, 4) is 0 Å². The summed E-state index contributed by atoms with van der Waals surface area (Å²) in [5, 5.41) is 0. The molecule has 0 spiro atoms. The van der Waals surface area contributed by atoms with E-state index in [1.54, 1.807) is 26.0 Å². The number of thioether (sulfide) groups is 1. The Bertz CT molecular complexity index is 650. The molecule has 1 heterocycles. The molecule has 5 atom stereocenters. The van der Waals surface area contributed by atoms with Gasteiger partial charge in [0.15, 0.2) is 0 Å². The van der Waals surface area contributed by atoms with E-state index in [0.717, 1.165) is 10.5 Å². The molecule has 0 unspecified atom stereocenters. The highest BCUT2D eigenvalue weighted by molar-refractivity contribution is 7.99. The molecular formula is C21H26O4S. The van der Waals surface area contributed by atoms with E-state index in [1.165, 1.54) is 0 Å². The maximum Gasteiger partial charge on any atom is 0.136 e. The molecule has 0 aromatic heterocycles. The molecule has 5 heteroatoms. The molecule has 0 N–H and O–H groups in total. The lowest BCUT2D eigenvalue weighted by Gasteiger charge is -2.44. The fourth-order valence-corrected chi connectivity index (χ4v) is 4.43. The van der Waals surface area contributed by atoms with E-state index in [4.69, 9.17) is 18.9 Å². The Balaban J connectivity index is 1.70. The van der Waals surface area contributed by atoms with E-state index in [0.29, 0.717) is 6.61 Å². The van der Waals surface area contributed by atoms with Crippen LogP contribution in [0.3, 0.4) is 0 Å². The van der Waals surface area contributed by atoms with Crippen molar-refractivity contribution < 1.29 is 18.9 Å². The van der Waals surface area contributed by atoms with Crippen molar-refractivity contribution >= 4 is 11.8 Å². The first-order valence-corrected chi connectivity index (χ1v) is 9.69. The molecule has 1 saturated heterocycles. The van der Waals surface area contributed by atoms with Gasteiger partial charge in [-0.1, -0.05) is 60.3 Å². The predicted molar refractivity (Wildman–Crippen MR) is 103 cm³/mol. The predicted octanol–water partition coefficient (Wildman–Crippen LogP) is 4.14. The van der Waals surface area contributed by atoms with E-state index < -0.39 is 0 Å². The van der Waals surface area contributed by atoms with Gasteiger partial charge in [0.2, 0.25) is 0 Å². The molecule has 0 radical (unpaired) electrons. The van der Waals surface area contributed by atoms with Crippen molar-refractivity contribution in [1.29, 1.82) is 0 Å². The van der Waals surface area contributed by atoms with Crippen LogP contribution in [0.25, 0.3) is 0 Å². The van der Waals surface area contributed by atoms with Gasteiger partial charge in [-0.25, -0.2) is 0 Å². The Kier molecular flexibility index (Phi) is 7.11. The molecule has 1 aliphatic rings. The van der Waals surface area contributed by atoms with Crippen LogP contribution in [-0.4, -0.2) is 44.1 Å². The summed E-state index contributed by atoms with van der Waals surface area (Å²) in [6, 6.07) is 20.3. The lowest BCUT2D eigenvalue weighted by atomic mass is 10.00. The average molecular weight is 375 g/mol. The number of methoxy groups -OCH3 is 2. The SMILES string of the molecule is CO[C@H]1[C@H](OCc2ccccc2)[C@@H](C)O[C@@H](Sc2ccccc2)[C@H]1OC. The minimum absolute atomic E-state index is 0.101. The lowest BCUT2D eigenvalue weighted by molar-refractivity contribution is -0.226. The highest BCUT2D eigenvalue weighted by atomic mass is 32.2. The first-order valence-electron chi connectivity index (χ1n) is 8.81. The van der Waals surface area contributed by atoms with Gasteiger partial charge in [-0.05, 0) is 24.6 Å². The van der Waals surface area contributed by atoms with Crippen LogP contribution < -0.4 is 0 Å². The Hall–Kier alpha value is -1.37. The Morgan fingerprint density at radius 1 is 0.846 bits per heavy atom. The standard InChI is InChI=1S/C21H26O4S/c1-15-18(24-14-16-10-6-4-7-11-16)19(22-2)20(23-3)21(25-15)26-17-12-8-5-9-13-17/h4-13,15,18-21H,14H2,1-3H3/t15-,18-,19+,20+,21+/m1/s1. The number of ether oxygens (including phenoxy) is 4. The second-order valence-electron chi connectivity index (χ2n) is 6.30. The van der Waals surface area contributed by atoms with Crippen LogP contribution in [0.5, 0.6) is 0 Å². The van der Waals surface area contributed by atoms with Crippen molar-refractivity contribution in [2.24, 2.45) is 0 Å². The monoisotopic (exact) mass is 374 g/mol. The Morgan fingerprint density at radius 3 is 2.08 bits per heavy atom. The fourth-order valence-electron chi connectivity index (χ4n) is 3.21. The zero-order valence-corrected chi connectivity index (χ0v) is 16.2. The summed E-state index contributed by atoms with van der Waals surface area (Å²) in [4.78, 5) is 1.14. The molecule has 2 aromatic carbocycles. The van der Waals surface area contributed by atoms with Gasteiger partial charge in [0, 0.05) is 19.1 Å². The van der Waals surface area contributed by atoms with E-state index in [1.807, 2.05) is 43.3 Å². The molecule has 26 heavy (non-hydrogen) atoms. The lowest BCUT2D eigenvalue weighted by Crippen LogP contribution is -2.57. The van der Waals surface area contributed by atoms with Gasteiger partial charge in [0.1, 0.15) is 23.7 Å². The van der Waals surface area contributed by atoms with Gasteiger partial charge >= 0.3 is 0 Å². The molecule has 0 amide bonds. The summed E-state index contributed by atoms with van der Waals surface area (Å²) in [5.74, 6) is 0. The smallest absolute Gasteiger partial charge is 0.136 e. The molecule has 140 valence electrons. The van der Waals surface area contributed by atoms with Crippen LogP contribution in [0.15, 0.2) is 65.6 Å². The van der Waals surface area contributed by atoms with E-state index in [9.17, 15) is 0 Å². The van der Waals surface area contributed by atoms with Crippen molar-refractivity contribution in [3.63, 3.8) is 0 Å². The zero-order valence-electron chi connectivity index (χ0n) is 15.4. The first kappa shape index (κ1) is 19.4. The largest absolute Gasteiger partial charge is 0.376 e. The minimum Gasteiger partial charge on any atom is -0.376 e. The second-order valence-corrected chi connectivity index (χ2v) is 7.47. The van der Waals surface area contributed by atoms with E-state index >= 15 is 0 Å². The summed E-state index contributed by atoms with van der Waals surface area (Å²) < 4.78 is 24.0. The van der Waals surface area contributed by atoms with E-state index in [-0.39, 0.29) is 29.9 Å². The highest BCUT2D eigenvalue weighted by Crippen LogP contribution is 2.36. The van der Waals surface area contributed by atoms with Gasteiger partial charge < -0.3 is 18.9 Å². The molecule has 2 aromatic rings. The maximum atomic E-state index is 6.26. The Labute approximate surface area is 159 Å². The number of benzene rings is 2. The quantitative estimate of drug-likeness (QED) is 0.728. The first-order chi connectivity index (χ1) is 12.7. The third kappa shape index (κ3) is 4.67. The van der Waals surface area contributed by atoms with Crippen LogP contribution >= 0.6 is 11.8 Å². The summed E-state index contributed by atoms with van der Waals surface area (Å²) >= 11 is 1.65. The van der Waals surface area contributed by atoms with Gasteiger partial charge in [-0.2, -0.15) is 0 Å². The molecule has 0 aliphatic carbocycles. The van der Waals surface area contributed by atoms with Gasteiger partial charge in [-0.3, -0.25) is 0 Å². The topological polar surface area (TPSA) is 36.9 Å². The summed E-state index contributed by atoms with van der Waals surface area (Å²) in [7, 11) is 3.40. The molecular weight excluding hydrogens is 348 g/mol. The summed E-state index contributed by atoms with van der Waals surface area (Å²) in [6.07, 6.45) is -0.718. The fraction of sp³-hybridized carbons (Fsp3) is 0.429. The van der Waals surface area contributed by atoms with Crippen LogP contribution in [0.2, 0.25) is 0 Å². The average Bonchev–Trinajstić information content (AvgIpc) is 2.68. The highest BCUT2D eigenvalue weighted by Gasteiger charge is 2.46. The number of hydrogen-bond acceptors (Lipinski definition) is 5. The van der Waals surface area contributed by atoms with Crippen LogP contribution in [0.1, 0.15) is 12.5 Å². The van der Waals surface area contributed by atoms with Crippen molar-refractivity contribution in [1.82, 2.24) is 0 Å². The van der Waals surface area contributed by atoms with Gasteiger partial charge in [0.25, 0.3) is 0 Å². The molecule has 1 aliphatic heterocycles. The normalized spacial score (nSPS) is 28.8. The van der Waals surface area contributed by atoms with Crippen LogP contribution in [0.4, 0.5) is 0 Å². The van der Waals surface area contributed by atoms with Crippen LogP contribution in [-0.2, 0) is 25.6 Å².